The predicted molar refractivity (Wildman–Crippen MR) is 79.7 cm³/mol. The molecule has 0 fully saturated rings. The van der Waals surface area contributed by atoms with Gasteiger partial charge in [-0.15, -0.1) is 0 Å². The number of aromatic hydroxyl groups is 1. The van der Waals surface area contributed by atoms with Crippen LogP contribution in [0.1, 0.15) is 0 Å². The zero-order valence-electron chi connectivity index (χ0n) is 11.6. The summed E-state index contributed by atoms with van der Waals surface area (Å²) in [4.78, 5) is 12.0. The quantitative estimate of drug-likeness (QED) is 0.526. The molecule has 0 aliphatic heterocycles. The van der Waals surface area contributed by atoms with E-state index in [0.717, 1.165) is 5.69 Å². The largest absolute Gasteiger partial charge is 0.502 e. The molecule has 0 aliphatic rings. The van der Waals surface area contributed by atoms with Gasteiger partial charge in [0.1, 0.15) is 0 Å². The van der Waals surface area contributed by atoms with Gasteiger partial charge in [0.2, 0.25) is 0 Å². The van der Waals surface area contributed by atoms with E-state index in [1.807, 2.05) is 31.1 Å². The van der Waals surface area contributed by atoms with E-state index < -0.39 is 16.4 Å². The van der Waals surface area contributed by atoms with Gasteiger partial charge in [0.25, 0.3) is 0 Å². The molecule has 0 aromatic heterocycles. The normalized spacial score (nSPS) is 10.8. The third kappa shape index (κ3) is 3.53. The van der Waals surface area contributed by atoms with E-state index in [1.165, 1.54) is 18.2 Å². The lowest BCUT2D eigenvalue weighted by molar-refractivity contribution is -0.385. The van der Waals surface area contributed by atoms with Crippen molar-refractivity contribution in [2.24, 2.45) is 10.2 Å². The van der Waals surface area contributed by atoms with Crippen LogP contribution in [-0.2, 0) is 0 Å². The predicted octanol–water partition coefficient (Wildman–Crippen LogP) is 3.78. The molecular weight excluding hydrogens is 272 g/mol. The highest BCUT2D eigenvalue weighted by Crippen LogP contribution is 2.30. The number of nitro benzene ring substituents is 1. The van der Waals surface area contributed by atoms with Crippen molar-refractivity contribution in [3.8, 4) is 5.75 Å². The van der Waals surface area contributed by atoms with Crippen LogP contribution in [0, 0.1) is 10.1 Å². The maximum absolute atomic E-state index is 10.7. The standard InChI is InChI=1S/C14H14N4O3/c1-17(2)12-6-3-10(4-7-12)15-16-11-5-8-14(19)13(9-11)18(20)21/h3-9,19H,1-2H3. The van der Waals surface area contributed by atoms with Gasteiger partial charge in [0, 0.05) is 25.8 Å². The Balaban J connectivity index is 2.21. The zero-order chi connectivity index (χ0) is 15.4. The van der Waals surface area contributed by atoms with Gasteiger partial charge in [-0.05, 0) is 36.4 Å². The molecule has 0 aliphatic carbocycles. The van der Waals surface area contributed by atoms with Crippen LogP contribution in [0.4, 0.5) is 22.7 Å². The maximum atomic E-state index is 10.7. The van der Waals surface area contributed by atoms with Crippen LogP contribution in [-0.4, -0.2) is 24.1 Å². The summed E-state index contributed by atoms with van der Waals surface area (Å²) in [7, 11) is 3.87. The zero-order valence-corrected chi connectivity index (χ0v) is 11.6. The summed E-state index contributed by atoms with van der Waals surface area (Å²) in [6.45, 7) is 0. The van der Waals surface area contributed by atoms with Gasteiger partial charge in [-0.3, -0.25) is 10.1 Å². The Bertz CT molecular complexity index is 681. The highest BCUT2D eigenvalue weighted by atomic mass is 16.6. The molecule has 0 unspecified atom stereocenters. The molecule has 0 amide bonds. The minimum atomic E-state index is -0.666. The molecule has 2 rings (SSSR count). The summed E-state index contributed by atoms with van der Waals surface area (Å²) in [5, 5.41) is 28.0. The molecule has 2 aromatic rings. The first kappa shape index (κ1) is 14.4. The van der Waals surface area contributed by atoms with E-state index in [4.69, 9.17) is 0 Å². The lowest BCUT2D eigenvalue weighted by Crippen LogP contribution is -2.07. The molecule has 7 nitrogen and oxygen atoms in total. The summed E-state index contributed by atoms with van der Waals surface area (Å²) in [5.74, 6) is -0.394. The van der Waals surface area contributed by atoms with Crippen LogP contribution in [0.3, 0.4) is 0 Å². The number of azo groups is 1. The Hall–Kier alpha value is -2.96. The van der Waals surface area contributed by atoms with Crippen molar-refractivity contribution in [3.05, 3.63) is 52.6 Å². The average molecular weight is 286 g/mol. The van der Waals surface area contributed by atoms with Crippen LogP contribution >= 0.6 is 0 Å². The van der Waals surface area contributed by atoms with E-state index in [-0.39, 0.29) is 0 Å². The van der Waals surface area contributed by atoms with Gasteiger partial charge in [-0.25, -0.2) is 0 Å². The second-order valence-corrected chi connectivity index (χ2v) is 4.54. The third-order valence-corrected chi connectivity index (χ3v) is 2.80. The number of benzene rings is 2. The molecule has 0 spiro atoms. The van der Waals surface area contributed by atoms with E-state index in [1.54, 1.807) is 12.1 Å². The van der Waals surface area contributed by atoms with Crippen LogP contribution < -0.4 is 4.90 Å². The van der Waals surface area contributed by atoms with Crippen molar-refractivity contribution >= 4 is 22.7 Å². The number of nitro groups is 1. The number of rotatable bonds is 4. The first-order valence-corrected chi connectivity index (χ1v) is 6.14. The van der Waals surface area contributed by atoms with E-state index in [0.29, 0.717) is 11.4 Å². The summed E-state index contributed by atoms with van der Waals surface area (Å²) in [6.07, 6.45) is 0. The number of anilines is 1. The Labute approximate surface area is 121 Å². The Morgan fingerprint density at radius 2 is 1.62 bits per heavy atom. The van der Waals surface area contributed by atoms with Crippen molar-refractivity contribution in [3.63, 3.8) is 0 Å². The molecular formula is C14H14N4O3. The highest BCUT2D eigenvalue weighted by molar-refractivity contribution is 5.56. The summed E-state index contributed by atoms with van der Waals surface area (Å²) in [5.41, 5.74) is 1.58. The van der Waals surface area contributed by atoms with Gasteiger partial charge in [0.15, 0.2) is 5.75 Å². The Morgan fingerprint density at radius 3 is 2.19 bits per heavy atom. The fraction of sp³-hybridized carbons (Fsp3) is 0.143. The number of phenols is 1. The number of phenolic OH excluding ortho intramolecular Hbond substituents is 1. The van der Waals surface area contributed by atoms with E-state index >= 15 is 0 Å². The summed E-state index contributed by atoms with van der Waals surface area (Å²) in [6, 6.07) is 11.2. The van der Waals surface area contributed by atoms with E-state index in [2.05, 4.69) is 10.2 Å². The summed E-state index contributed by atoms with van der Waals surface area (Å²) >= 11 is 0. The Morgan fingerprint density at radius 1 is 1.05 bits per heavy atom. The molecule has 0 heterocycles. The first-order chi connectivity index (χ1) is 9.97. The van der Waals surface area contributed by atoms with Crippen molar-refractivity contribution in [2.45, 2.75) is 0 Å². The van der Waals surface area contributed by atoms with Crippen LogP contribution in [0.15, 0.2) is 52.7 Å². The molecule has 0 saturated carbocycles. The molecule has 0 bridgehead atoms. The smallest absolute Gasteiger partial charge is 0.312 e. The molecule has 2 aromatic carbocycles. The number of hydrogen-bond donors (Lipinski definition) is 1. The lowest BCUT2D eigenvalue weighted by atomic mass is 10.2. The average Bonchev–Trinajstić information content (AvgIpc) is 2.46. The maximum Gasteiger partial charge on any atom is 0.312 e. The van der Waals surface area contributed by atoms with Gasteiger partial charge in [-0.1, -0.05) is 0 Å². The molecule has 21 heavy (non-hydrogen) atoms. The molecule has 108 valence electrons. The van der Waals surface area contributed by atoms with Gasteiger partial charge in [-0.2, -0.15) is 10.2 Å². The van der Waals surface area contributed by atoms with Crippen molar-refractivity contribution in [2.75, 3.05) is 19.0 Å². The topological polar surface area (TPSA) is 91.3 Å². The van der Waals surface area contributed by atoms with Crippen molar-refractivity contribution in [1.82, 2.24) is 0 Å². The monoisotopic (exact) mass is 286 g/mol. The summed E-state index contributed by atoms with van der Waals surface area (Å²) < 4.78 is 0. The molecule has 0 radical (unpaired) electrons. The number of hydrogen-bond acceptors (Lipinski definition) is 6. The van der Waals surface area contributed by atoms with Gasteiger partial charge >= 0.3 is 5.69 Å². The second-order valence-electron chi connectivity index (χ2n) is 4.54. The highest BCUT2D eigenvalue weighted by Gasteiger charge is 2.13. The van der Waals surface area contributed by atoms with Crippen LogP contribution in [0.5, 0.6) is 5.75 Å². The first-order valence-electron chi connectivity index (χ1n) is 6.14. The minimum Gasteiger partial charge on any atom is -0.502 e. The minimum absolute atomic E-state index is 0.302. The van der Waals surface area contributed by atoms with Crippen molar-refractivity contribution in [1.29, 1.82) is 0 Å². The van der Waals surface area contributed by atoms with Crippen LogP contribution in [0.25, 0.3) is 0 Å². The van der Waals surface area contributed by atoms with Crippen molar-refractivity contribution < 1.29 is 10.0 Å². The second kappa shape index (κ2) is 6.00. The van der Waals surface area contributed by atoms with Gasteiger partial charge in [0.05, 0.1) is 16.3 Å². The van der Waals surface area contributed by atoms with E-state index in [9.17, 15) is 15.2 Å². The molecule has 7 heteroatoms. The molecule has 0 atom stereocenters. The fourth-order valence-corrected chi connectivity index (χ4v) is 1.65. The third-order valence-electron chi connectivity index (χ3n) is 2.80. The van der Waals surface area contributed by atoms with Crippen LogP contribution in [0.2, 0.25) is 0 Å². The SMILES string of the molecule is CN(C)c1ccc(N=Nc2ccc(O)c([N+](=O)[O-])c2)cc1. The Kier molecular flexibility index (Phi) is 4.13. The number of nitrogens with zero attached hydrogens (tertiary/aromatic N) is 4. The molecule has 0 saturated heterocycles. The fourth-order valence-electron chi connectivity index (χ4n) is 1.65. The lowest BCUT2D eigenvalue weighted by Gasteiger charge is -2.11. The molecule has 1 N–H and O–H groups in total. The van der Waals surface area contributed by atoms with Gasteiger partial charge < -0.3 is 10.0 Å².